The molecule has 14 N–H and O–H groups in total. The van der Waals surface area contributed by atoms with Gasteiger partial charge in [0.1, 0.15) is 12.4 Å². The highest BCUT2D eigenvalue weighted by Crippen LogP contribution is 2.13. The molecule has 0 unspecified atom stereocenters. The van der Waals surface area contributed by atoms with Gasteiger partial charge >= 0.3 is 18.1 Å². The second-order valence-corrected chi connectivity index (χ2v) is 18.8. The number of carbonyl (C=O) groups excluding carboxylic acids is 6. The Morgan fingerprint density at radius 2 is 0.850 bits per heavy atom. The average molecular weight is 1090 g/mol. The number of nitrogens with zero attached hydrogens (tertiary/aromatic N) is 2. The smallest absolute Gasteiger partial charge is 0.315 e. The first-order valence-corrected chi connectivity index (χ1v) is 26.6. The fourth-order valence-corrected chi connectivity index (χ4v) is 7.62. The van der Waals surface area contributed by atoms with Crippen LogP contribution < -0.4 is 64.5 Å². The van der Waals surface area contributed by atoms with E-state index in [9.17, 15) is 28.8 Å². The minimum Gasteiger partial charge on any atom is -0.489 e. The van der Waals surface area contributed by atoms with Gasteiger partial charge in [-0.1, -0.05) is 116 Å². The SMILES string of the molecule is CN(CCc1ccccc1)C(=O)CNC(=O)NCc1ccc(N)cc1.Nc1ccc(CNC(=O)NCC(=O)NCCN2CCCCC2)cc1.Nc1ccc(CNC(=O)NCC(=O)NCc2ccc(COc3ccccc3)cc2)cc1. The minimum atomic E-state index is -0.408. The summed E-state index contributed by atoms with van der Waals surface area (Å²) in [5.41, 5.74) is 24.9. The van der Waals surface area contributed by atoms with Crippen molar-refractivity contribution in [1.29, 1.82) is 0 Å². The zero-order chi connectivity index (χ0) is 57.2. The van der Waals surface area contributed by atoms with Crippen molar-refractivity contribution >= 4 is 52.9 Å². The van der Waals surface area contributed by atoms with Crippen molar-refractivity contribution in [3.05, 3.63) is 191 Å². The van der Waals surface area contributed by atoms with Crippen LogP contribution in [-0.4, -0.2) is 105 Å². The van der Waals surface area contributed by atoms with Crippen LogP contribution in [0.25, 0.3) is 0 Å². The van der Waals surface area contributed by atoms with Gasteiger partial charge in [-0.2, -0.15) is 0 Å². The summed E-state index contributed by atoms with van der Waals surface area (Å²) in [6.45, 7) is 6.16. The lowest BCUT2D eigenvalue weighted by atomic mass is 10.1. The van der Waals surface area contributed by atoms with Crippen molar-refractivity contribution in [2.24, 2.45) is 0 Å². The quantitative estimate of drug-likeness (QED) is 0.0361. The molecule has 0 aliphatic carbocycles. The number of nitrogen functional groups attached to an aromatic ring is 3. The first kappa shape index (κ1) is 61.6. The molecule has 1 saturated heterocycles. The summed E-state index contributed by atoms with van der Waals surface area (Å²) in [5.74, 6) is 0.260. The molecule has 0 bridgehead atoms. The molecule has 9 amide bonds. The van der Waals surface area contributed by atoms with Crippen molar-refractivity contribution in [3.8, 4) is 5.75 Å². The molecular weight excluding hydrogens is 1010 g/mol. The number of urea groups is 3. The lowest BCUT2D eigenvalue weighted by Gasteiger charge is -2.26. The van der Waals surface area contributed by atoms with Crippen LogP contribution in [0.15, 0.2) is 158 Å². The highest BCUT2D eigenvalue weighted by Gasteiger charge is 2.13. The Bertz CT molecular complexity index is 2780. The lowest BCUT2D eigenvalue weighted by molar-refractivity contribution is -0.128. The first-order valence-electron chi connectivity index (χ1n) is 26.6. The van der Waals surface area contributed by atoms with E-state index in [1.807, 2.05) is 121 Å². The van der Waals surface area contributed by atoms with Crippen molar-refractivity contribution in [2.75, 3.05) is 76.6 Å². The molecule has 80 heavy (non-hydrogen) atoms. The maximum absolute atomic E-state index is 12.0. The summed E-state index contributed by atoms with van der Waals surface area (Å²) in [5, 5.41) is 21.4. The molecule has 7 rings (SSSR count). The molecular formula is C60H77N13O7. The number of para-hydroxylation sites is 1. The maximum Gasteiger partial charge on any atom is 0.315 e. The number of rotatable bonds is 23. The predicted molar refractivity (Wildman–Crippen MR) is 313 cm³/mol. The number of likely N-dealkylation sites (N-methyl/N-ethyl adjacent to an activating group) is 1. The fraction of sp³-hybridized carbons (Fsp3) is 0.300. The number of likely N-dealkylation sites (tertiary alicyclic amines) is 1. The van der Waals surface area contributed by atoms with Gasteiger partial charge in [0, 0.05) is 69.9 Å². The topological polar surface area (TPSA) is 292 Å². The Balaban J connectivity index is 0.000000223. The van der Waals surface area contributed by atoms with Gasteiger partial charge in [-0.15, -0.1) is 0 Å². The van der Waals surface area contributed by atoms with E-state index in [0.717, 1.165) is 59.6 Å². The predicted octanol–water partition coefficient (Wildman–Crippen LogP) is 5.40. The molecule has 424 valence electrons. The summed E-state index contributed by atoms with van der Waals surface area (Å²) in [6.07, 6.45) is 4.57. The van der Waals surface area contributed by atoms with E-state index in [2.05, 4.69) is 47.4 Å². The van der Waals surface area contributed by atoms with Gasteiger partial charge in [-0.05, 0) is 114 Å². The number of anilines is 3. The number of ether oxygens (including phenoxy) is 1. The van der Waals surface area contributed by atoms with Crippen LogP contribution in [-0.2, 0) is 53.6 Å². The van der Waals surface area contributed by atoms with Crippen LogP contribution in [0.3, 0.4) is 0 Å². The van der Waals surface area contributed by atoms with Crippen molar-refractivity contribution in [2.45, 2.75) is 58.5 Å². The number of nitrogens with one attached hydrogen (secondary N) is 8. The molecule has 0 radical (unpaired) electrons. The number of hydrogen-bond donors (Lipinski definition) is 11. The van der Waals surface area contributed by atoms with E-state index in [-0.39, 0.29) is 49.4 Å². The Kier molecular flexibility index (Phi) is 27.1. The van der Waals surface area contributed by atoms with Gasteiger partial charge in [-0.25, -0.2) is 14.4 Å². The van der Waals surface area contributed by atoms with Crippen LogP contribution in [0.1, 0.15) is 52.6 Å². The van der Waals surface area contributed by atoms with Gasteiger partial charge in [0.2, 0.25) is 17.7 Å². The molecule has 20 heteroatoms. The molecule has 1 fully saturated rings. The molecule has 1 aliphatic heterocycles. The van der Waals surface area contributed by atoms with Crippen molar-refractivity contribution in [1.82, 2.24) is 52.3 Å². The molecule has 0 atom stereocenters. The molecule has 20 nitrogen and oxygen atoms in total. The summed E-state index contributed by atoms with van der Waals surface area (Å²) in [7, 11) is 1.74. The van der Waals surface area contributed by atoms with E-state index in [0.29, 0.717) is 62.9 Å². The van der Waals surface area contributed by atoms with Crippen LogP contribution in [0.4, 0.5) is 31.4 Å². The molecule has 1 aliphatic rings. The summed E-state index contributed by atoms with van der Waals surface area (Å²) < 4.78 is 5.72. The maximum atomic E-state index is 12.0. The monoisotopic (exact) mass is 1090 g/mol. The van der Waals surface area contributed by atoms with Crippen LogP contribution >= 0.6 is 0 Å². The Morgan fingerprint density at radius 1 is 0.450 bits per heavy atom. The van der Waals surface area contributed by atoms with Crippen LogP contribution in [0.5, 0.6) is 5.75 Å². The Hall–Kier alpha value is -9.30. The van der Waals surface area contributed by atoms with E-state index >= 15 is 0 Å². The zero-order valence-electron chi connectivity index (χ0n) is 45.5. The lowest BCUT2D eigenvalue weighted by Crippen LogP contribution is -2.44. The average Bonchev–Trinajstić information content (AvgIpc) is 3.48. The molecule has 0 spiro atoms. The molecule has 0 aromatic heterocycles. The zero-order valence-corrected chi connectivity index (χ0v) is 45.5. The minimum absolute atomic E-state index is 0.0203. The second-order valence-electron chi connectivity index (χ2n) is 18.8. The summed E-state index contributed by atoms with van der Waals surface area (Å²) >= 11 is 0. The molecule has 1 heterocycles. The number of carbonyl (C=O) groups is 6. The van der Waals surface area contributed by atoms with Gasteiger partial charge in [0.25, 0.3) is 0 Å². The highest BCUT2D eigenvalue weighted by molar-refractivity contribution is 5.85. The molecule has 6 aromatic carbocycles. The normalized spacial score (nSPS) is 11.6. The second kappa shape index (κ2) is 35.2. The summed E-state index contributed by atoms with van der Waals surface area (Å²) in [6, 6.07) is 48.0. The first-order chi connectivity index (χ1) is 38.8. The number of nitrogens with two attached hydrogens (primary N) is 3. The van der Waals surface area contributed by atoms with Crippen molar-refractivity contribution < 1.29 is 33.5 Å². The standard InChI is InChI=1S/C24H26N4O3.C19H24N4O2.C17H27N5O2/c25-21-12-10-19(11-13-21)15-27-24(30)28-16-23(29)26-14-18-6-8-20(9-7-18)17-31-22-4-2-1-3-5-22;1-23(12-11-15-5-3-2-4-6-15)18(24)14-22-19(25)21-13-16-7-9-17(20)10-8-16;18-15-6-4-14(5-7-15)12-20-17(24)21-13-16(23)19-8-11-22-9-2-1-3-10-22/h1-13H,14-17,25H2,(H,26,29)(H2,27,28,30);2-10H,11-14,20H2,1H3,(H2,21,22,25);4-7H,1-3,8-13,18H2,(H,19,23)(H2,20,21,24). The van der Waals surface area contributed by atoms with Gasteiger partial charge in [0.15, 0.2) is 0 Å². The largest absolute Gasteiger partial charge is 0.489 e. The Morgan fingerprint density at radius 3 is 1.32 bits per heavy atom. The number of hydrogen-bond acceptors (Lipinski definition) is 11. The fourth-order valence-electron chi connectivity index (χ4n) is 7.62. The van der Waals surface area contributed by atoms with Crippen LogP contribution in [0.2, 0.25) is 0 Å². The van der Waals surface area contributed by atoms with Crippen molar-refractivity contribution in [3.63, 3.8) is 0 Å². The third-order valence-corrected chi connectivity index (χ3v) is 12.4. The third kappa shape index (κ3) is 26.2. The molecule has 6 aromatic rings. The Labute approximate surface area is 469 Å². The highest BCUT2D eigenvalue weighted by atomic mass is 16.5. The van der Waals surface area contributed by atoms with E-state index in [1.54, 1.807) is 48.3 Å². The van der Waals surface area contributed by atoms with E-state index < -0.39 is 6.03 Å². The van der Waals surface area contributed by atoms with Gasteiger partial charge in [-0.3, -0.25) is 14.4 Å². The number of benzene rings is 6. The number of piperidine rings is 1. The van der Waals surface area contributed by atoms with Gasteiger partial charge in [0.05, 0.1) is 19.6 Å². The third-order valence-electron chi connectivity index (χ3n) is 12.4. The summed E-state index contributed by atoms with van der Waals surface area (Å²) in [4.78, 5) is 75.0. The van der Waals surface area contributed by atoms with Crippen LogP contribution in [0, 0.1) is 0 Å². The van der Waals surface area contributed by atoms with E-state index in [4.69, 9.17) is 21.9 Å². The van der Waals surface area contributed by atoms with E-state index in [1.165, 1.54) is 24.8 Å². The van der Waals surface area contributed by atoms with Gasteiger partial charge < -0.3 is 74.3 Å². The number of amides is 9. The molecule has 0 saturated carbocycles.